The Labute approximate surface area is 109 Å². The quantitative estimate of drug-likeness (QED) is 0.887. The van der Waals surface area contributed by atoms with Crippen molar-refractivity contribution in [2.24, 2.45) is 0 Å². The number of nitrogens with zero attached hydrogens (tertiary/aromatic N) is 1. The van der Waals surface area contributed by atoms with Crippen molar-refractivity contribution in [3.05, 3.63) is 42.1 Å². The summed E-state index contributed by atoms with van der Waals surface area (Å²) in [5.74, 6) is 0. The summed E-state index contributed by atoms with van der Waals surface area (Å²) in [4.78, 5) is 4.56. The van der Waals surface area contributed by atoms with Gasteiger partial charge in [0, 0.05) is 17.6 Å². The summed E-state index contributed by atoms with van der Waals surface area (Å²) in [5, 5.41) is 4.53. The molecule has 1 N–H and O–H groups in total. The molecule has 0 aliphatic carbocycles. The molecule has 1 unspecified atom stereocenters. The van der Waals surface area contributed by atoms with E-state index in [1.807, 2.05) is 19.3 Å². The summed E-state index contributed by atoms with van der Waals surface area (Å²) in [6.45, 7) is 6.79. The van der Waals surface area contributed by atoms with Gasteiger partial charge in [-0.3, -0.25) is 4.98 Å². The zero-order valence-corrected chi connectivity index (χ0v) is 11.7. The van der Waals surface area contributed by atoms with Crippen LogP contribution in [0.2, 0.25) is 0 Å². The van der Waals surface area contributed by atoms with Gasteiger partial charge in [0.2, 0.25) is 0 Å². The van der Waals surface area contributed by atoms with Crippen LogP contribution in [0.4, 0.5) is 0 Å². The fourth-order valence-electron chi connectivity index (χ4n) is 2.43. The summed E-state index contributed by atoms with van der Waals surface area (Å²) < 4.78 is 0. The molecule has 2 rings (SSSR count). The van der Waals surface area contributed by atoms with Crippen LogP contribution in [0, 0.1) is 0 Å². The third-order valence-corrected chi connectivity index (χ3v) is 3.68. The fourth-order valence-corrected chi connectivity index (χ4v) is 2.43. The highest BCUT2D eigenvalue weighted by Gasteiger charge is 2.23. The average Bonchev–Trinajstić information content (AvgIpc) is 2.37. The highest BCUT2D eigenvalue weighted by molar-refractivity contribution is 5.78. The van der Waals surface area contributed by atoms with Gasteiger partial charge in [0.05, 0.1) is 5.52 Å². The maximum atomic E-state index is 4.56. The van der Waals surface area contributed by atoms with Gasteiger partial charge >= 0.3 is 0 Å². The molecule has 1 heterocycles. The second-order valence-electron chi connectivity index (χ2n) is 5.69. The fraction of sp³-hybridized carbons (Fsp3) is 0.438. The lowest BCUT2D eigenvalue weighted by molar-refractivity contribution is 0.405. The van der Waals surface area contributed by atoms with Gasteiger partial charge < -0.3 is 5.32 Å². The number of hydrogen-bond donors (Lipinski definition) is 1. The first-order chi connectivity index (χ1) is 8.53. The molecule has 0 saturated carbocycles. The number of benzene rings is 1. The molecule has 0 fully saturated rings. The van der Waals surface area contributed by atoms with Gasteiger partial charge in [-0.05, 0) is 43.5 Å². The van der Waals surface area contributed by atoms with E-state index >= 15 is 0 Å². The van der Waals surface area contributed by atoms with Crippen LogP contribution in [0.5, 0.6) is 0 Å². The summed E-state index contributed by atoms with van der Waals surface area (Å²) >= 11 is 0. The lowest BCUT2D eigenvalue weighted by Gasteiger charge is -2.28. The third kappa shape index (κ3) is 2.70. The van der Waals surface area contributed by atoms with Gasteiger partial charge in [0.25, 0.3) is 0 Å². The Balaban J connectivity index is 2.35. The predicted molar refractivity (Wildman–Crippen MR) is 77.9 cm³/mol. The number of hydrogen-bond acceptors (Lipinski definition) is 2. The normalized spacial score (nSPS) is 13.8. The maximum Gasteiger partial charge on any atom is 0.0702 e. The Bertz CT molecular complexity index is 531. The van der Waals surface area contributed by atoms with E-state index in [2.05, 4.69) is 55.3 Å². The molecule has 0 radical (unpaired) electrons. The Hall–Kier alpha value is -1.41. The Morgan fingerprint density at radius 1 is 1.28 bits per heavy atom. The monoisotopic (exact) mass is 242 g/mol. The van der Waals surface area contributed by atoms with Gasteiger partial charge in [-0.15, -0.1) is 0 Å². The maximum absolute atomic E-state index is 4.56. The SMILES string of the molecule is CNC(C)CC(C)(C)c1cnc2ccccc2c1. The topological polar surface area (TPSA) is 24.9 Å². The molecule has 0 bridgehead atoms. The number of pyridine rings is 1. The molecule has 0 aliphatic rings. The summed E-state index contributed by atoms with van der Waals surface area (Å²) in [5.41, 5.74) is 2.52. The van der Waals surface area contributed by atoms with Crippen molar-refractivity contribution < 1.29 is 0 Å². The van der Waals surface area contributed by atoms with Crippen molar-refractivity contribution in [3.63, 3.8) is 0 Å². The lowest BCUT2D eigenvalue weighted by Crippen LogP contribution is -2.30. The number of para-hydroxylation sites is 1. The minimum Gasteiger partial charge on any atom is -0.317 e. The van der Waals surface area contributed by atoms with Gasteiger partial charge in [-0.1, -0.05) is 32.0 Å². The zero-order chi connectivity index (χ0) is 13.2. The van der Waals surface area contributed by atoms with Gasteiger partial charge in [0.15, 0.2) is 0 Å². The molecule has 96 valence electrons. The molecular formula is C16H22N2. The van der Waals surface area contributed by atoms with E-state index in [1.54, 1.807) is 0 Å². The average molecular weight is 242 g/mol. The van der Waals surface area contributed by atoms with E-state index in [0.29, 0.717) is 6.04 Å². The van der Waals surface area contributed by atoms with Gasteiger partial charge in [-0.2, -0.15) is 0 Å². The van der Waals surface area contributed by atoms with Crippen LogP contribution < -0.4 is 5.32 Å². The standard InChI is InChI=1S/C16H22N2/c1-12(17-4)10-16(2,3)14-9-13-7-5-6-8-15(13)18-11-14/h5-9,11-12,17H,10H2,1-4H3. The molecule has 1 atom stereocenters. The minimum absolute atomic E-state index is 0.138. The molecule has 0 amide bonds. The number of fused-ring (bicyclic) bond motifs is 1. The van der Waals surface area contributed by atoms with E-state index in [1.165, 1.54) is 10.9 Å². The van der Waals surface area contributed by atoms with E-state index < -0.39 is 0 Å². The van der Waals surface area contributed by atoms with Crippen molar-refractivity contribution in [3.8, 4) is 0 Å². The van der Waals surface area contributed by atoms with Crippen molar-refractivity contribution in [1.29, 1.82) is 0 Å². The number of nitrogens with one attached hydrogen (secondary N) is 1. The second kappa shape index (κ2) is 5.07. The molecule has 1 aromatic heterocycles. The van der Waals surface area contributed by atoms with Crippen LogP contribution in [-0.2, 0) is 5.41 Å². The zero-order valence-electron chi connectivity index (χ0n) is 11.7. The largest absolute Gasteiger partial charge is 0.317 e. The molecule has 2 heteroatoms. The Morgan fingerprint density at radius 2 is 2.00 bits per heavy atom. The molecule has 2 nitrogen and oxygen atoms in total. The number of rotatable bonds is 4. The molecule has 1 aromatic carbocycles. The highest BCUT2D eigenvalue weighted by Crippen LogP contribution is 2.29. The minimum atomic E-state index is 0.138. The molecule has 18 heavy (non-hydrogen) atoms. The Morgan fingerprint density at radius 3 is 2.72 bits per heavy atom. The van der Waals surface area contributed by atoms with Crippen molar-refractivity contribution in [2.45, 2.75) is 38.6 Å². The van der Waals surface area contributed by atoms with Crippen molar-refractivity contribution in [2.75, 3.05) is 7.05 Å². The molecule has 2 aromatic rings. The van der Waals surface area contributed by atoms with Crippen molar-refractivity contribution in [1.82, 2.24) is 10.3 Å². The van der Waals surface area contributed by atoms with Crippen LogP contribution in [0.15, 0.2) is 36.5 Å². The van der Waals surface area contributed by atoms with Crippen LogP contribution in [0.3, 0.4) is 0 Å². The first kappa shape index (κ1) is 13.0. The van der Waals surface area contributed by atoms with E-state index in [9.17, 15) is 0 Å². The van der Waals surface area contributed by atoms with Gasteiger partial charge in [0.1, 0.15) is 0 Å². The first-order valence-corrected chi connectivity index (χ1v) is 6.55. The summed E-state index contributed by atoms with van der Waals surface area (Å²) in [7, 11) is 2.01. The van der Waals surface area contributed by atoms with Gasteiger partial charge in [-0.25, -0.2) is 0 Å². The summed E-state index contributed by atoms with van der Waals surface area (Å²) in [6, 6.07) is 11.1. The highest BCUT2D eigenvalue weighted by atomic mass is 14.9. The third-order valence-electron chi connectivity index (χ3n) is 3.68. The Kier molecular flexibility index (Phi) is 3.67. The summed E-state index contributed by atoms with van der Waals surface area (Å²) in [6.07, 6.45) is 3.12. The molecule has 0 saturated heterocycles. The van der Waals surface area contributed by atoms with Crippen LogP contribution in [-0.4, -0.2) is 18.1 Å². The van der Waals surface area contributed by atoms with Crippen LogP contribution in [0.1, 0.15) is 32.8 Å². The van der Waals surface area contributed by atoms with Crippen LogP contribution in [0.25, 0.3) is 10.9 Å². The van der Waals surface area contributed by atoms with E-state index in [-0.39, 0.29) is 5.41 Å². The van der Waals surface area contributed by atoms with Crippen LogP contribution >= 0.6 is 0 Å². The molecule has 0 aliphatic heterocycles. The lowest BCUT2D eigenvalue weighted by atomic mass is 9.80. The second-order valence-corrected chi connectivity index (χ2v) is 5.69. The predicted octanol–water partition coefficient (Wildman–Crippen LogP) is 3.51. The number of aromatic nitrogens is 1. The smallest absolute Gasteiger partial charge is 0.0702 e. The van der Waals surface area contributed by atoms with Crippen molar-refractivity contribution >= 4 is 10.9 Å². The molecule has 0 spiro atoms. The molecular weight excluding hydrogens is 220 g/mol. The van der Waals surface area contributed by atoms with E-state index in [4.69, 9.17) is 0 Å². The first-order valence-electron chi connectivity index (χ1n) is 6.55. The van der Waals surface area contributed by atoms with E-state index in [0.717, 1.165) is 11.9 Å².